The van der Waals surface area contributed by atoms with Crippen molar-refractivity contribution in [2.75, 3.05) is 43.4 Å². The van der Waals surface area contributed by atoms with Gasteiger partial charge in [-0.25, -0.2) is 9.97 Å². The summed E-state index contributed by atoms with van der Waals surface area (Å²) in [4.78, 5) is 39.8. The first-order valence-electron chi connectivity index (χ1n) is 11.8. The molecule has 0 spiro atoms. The molecule has 0 unspecified atom stereocenters. The van der Waals surface area contributed by atoms with Gasteiger partial charge in [-0.15, -0.1) is 11.3 Å². The van der Waals surface area contributed by atoms with E-state index in [0.717, 1.165) is 0 Å². The molecule has 4 heterocycles. The number of piperazine rings is 1. The van der Waals surface area contributed by atoms with Crippen LogP contribution in [0.4, 0.5) is 21.8 Å². The molecule has 1 saturated heterocycles. The average Bonchev–Trinajstić information content (AvgIpc) is 3.59. The van der Waals surface area contributed by atoms with Crippen molar-refractivity contribution in [3.8, 4) is 16.3 Å². The minimum absolute atomic E-state index is 0.0346. The summed E-state index contributed by atoms with van der Waals surface area (Å²) in [7, 11) is 1.96. The summed E-state index contributed by atoms with van der Waals surface area (Å²) in [6, 6.07) is 9.23. The number of hydrogen-bond donors (Lipinski definition) is 2. The molecule has 3 aromatic heterocycles. The number of amides is 1. The Labute approximate surface area is 225 Å². The van der Waals surface area contributed by atoms with Gasteiger partial charge in [-0.3, -0.25) is 14.9 Å². The van der Waals surface area contributed by atoms with Crippen LogP contribution in [0, 0.1) is 16.1 Å². The molecule has 0 atom stereocenters. The van der Waals surface area contributed by atoms with E-state index >= 15 is 4.39 Å². The number of anilines is 2. The third-order valence-electron chi connectivity index (χ3n) is 5.97. The number of benzene rings is 1. The number of rotatable bonds is 7. The summed E-state index contributed by atoms with van der Waals surface area (Å²) >= 11 is 1.18. The van der Waals surface area contributed by atoms with E-state index in [1.165, 1.54) is 47.1 Å². The van der Waals surface area contributed by atoms with Crippen molar-refractivity contribution in [3.63, 3.8) is 0 Å². The minimum atomic E-state index is -0.830. The summed E-state index contributed by atoms with van der Waals surface area (Å²) in [5.74, 6) is -1.81. The maximum atomic E-state index is 15.4. The zero-order valence-corrected chi connectivity index (χ0v) is 21.4. The molecule has 1 aliphatic heterocycles. The fourth-order valence-electron chi connectivity index (χ4n) is 3.93. The molecule has 2 N–H and O–H groups in total. The van der Waals surface area contributed by atoms with Crippen LogP contribution < -0.4 is 10.2 Å². The highest BCUT2D eigenvalue weighted by atomic mass is 32.1. The molecule has 1 amide bonds. The number of thiazole rings is 1. The van der Waals surface area contributed by atoms with E-state index in [4.69, 9.17) is 4.42 Å². The van der Waals surface area contributed by atoms with Crippen LogP contribution in [0.5, 0.6) is 5.75 Å². The third-order valence-corrected chi connectivity index (χ3v) is 6.85. The molecular weight excluding hydrogens is 529 g/mol. The van der Waals surface area contributed by atoms with Gasteiger partial charge in [0.15, 0.2) is 11.6 Å². The molecule has 0 aliphatic carbocycles. The van der Waals surface area contributed by atoms with Crippen molar-refractivity contribution in [2.24, 2.45) is 0 Å². The summed E-state index contributed by atoms with van der Waals surface area (Å²) in [6.07, 6.45) is 2.69. The topological polar surface area (TPSA) is 151 Å². The second-order valence-corrected chi connectivity index (χ2v) is 9.49. The van der Waals surface area contributed by atoms with Gasteiger partial charge in [-0.05, 0) is 37.4 Å². The fourth-order valence-corrected chi connectivity index (χ4v) is 4.76. The van der Waals surface area contributed by atoms with Crippen LogP contribution >= 0.6 is 11.3 Å². The Hall–Kier alpha value is -4.69. The molecule has 0 saturated carbocycles. The zero-order valence-electron chi connectivity index (χ0n) is 20.6. The highest BCUT2D eigenvalue weighted by Gasteiger charge is 2.25. The molecule has 12 nitrogen and oxygen atoms in total. The third kappa shape index (κ3) is 5.76. The predicted octanol–water partition coefficient (Wildman–Crippen LogP) is 4.12. The Kier molecular flexibility index (Phi) is 7.29. The molecule has 1 aliphatic rings. The minimum Gasteiger partial charge on any atom is -0.507 e. The van der Waals surface area contributed by atoms with Crippen LogP contribution in [-0.4, -0.2) is 69.0 Å². The standard InChI is InChI=1S/C25H22FN7O5S/c1-31-10-12-32(13-11-31)21-22(26)28-19(8-6-15-7-9-20(38-15)33(36)37)29-23(21)30-24(35)17-14-39-25(27-17)16-4-2-3-5-18(16)34/h2-9,14,34H,10-13H2,1H3,(H,28,29,30,35)/b8-6+. The fraction of sp³-hybridized carbons (Fsp3) is 0.200. The lowest BCUT2D eigenvalue weighted by molar-refractivity contribution is -0.402. The molecule has 200 valence electrons. The van der Waals surface area contributed by atoms with Crippen molar-refractivity contribution < 1.29 is 23.6 Å². The molecule has 1 aromatic carbocycles. The number of aromatic hydroxyl groups is 1. The quantitative estimate of drug-likeness (QED) is 0.195. The maximum absolute atomic E-state index is 15.4. The summed E-state index contributed by atoms with van der Waals surface area (Å²) in [5, 5.41) is 25.6. The largest absolute Gasteiger partial charge is 0.507 e. The van der Waals surface area contributed by atoms with E-state index in [2.05, 4.69) is 25.2 Å². The number of hydrogen-bond acceptors (Lipinski definition) is 11. The zero-order chi connectivity index (χ0) is 27.5. The number of carbonyl (C=O) groups is 1. The van der Waals surface area contributed by atoms with Crippen molar-refractivity contribution in [1.82, 2.24) is 19.9 Å². The van der Waals surface area contributed by atoms with Gasteiger partial charge < -0.3 is 24.6 Å². The van der Waals surface area contributed by atoms with Gasteiger partial charge in [-0.2, -0.15) is 9.37 Å². The number of phenols is 1. The van der Waals surface area contributed by atoms with E-state index in [1.807, 2.05) is 7.05 Å². The number of nitrogens with one attached hydrogen (secondary N) is 1. The van der Waals surface area contributed by atoms with Crippen LogP contribution in [0.15, 0.2) is 46.2 Å². The number of nitro groups is 1. The van der Waals surface area contributed by atoms with Crippen LogP contribution in [0.25, 0.3) is 22.7 Å². The Morgan fingerprint density at radius 2 is 1.92 bits per heavy atom. The average molecular weight is 552 g/mol. The molecule has 14 heteroatoms. The van der Waals surface area contributed by atoms with E-state index in [9.17, 15) is 20.0 Å². The van der Waals surface area contributed by atoms with Crippen LogP contribution in [0.2, 0.25) is 0 Å². The number of halogens is 1. The molecule has 4 aromatic rings. The van der Waals surface area contributed by atoms with Crippen LogP contribution in [-0.2, 0) is 0 Å². The van der Waals surface area contributed by atoms with Crippen LogP contribution in [0.1, 0.15) is 22.1 Å². The first-order chi connectivity index (χ1) is 18.8. The van der Waals surface area contributed by atoms with Gasteiger partial charge in [0.05, 0.1) is 11.6 Å². The Morgan fingerprint density at radius 1 is 1.15 bits per heavy atom. The lowest BCUT2D eigenvalue weighted by Crippen LogP contribution is -2.45. The first kappa shape index (κ1) is 25.9. The molecule has 39 heavy (non-hydrogen) atoms. The van der Waals surface area contributed by atoms with Gasteiger partial charge in [0, 0.05) is 31.6 Å². The van der Waals surface area contributed by atoms with E-state index in [0.29, 0.717) is 36.8 Å². The normalized spacial score (nSPS) is 14.2. The maximum Gasteiger partial charge on any atom is 0.433 e. The van der Waals surface area contributed by atoms with Gasteiger partial charge in [-0.1, -0.05) is 12.1 Å². The molecule has 5 rings (SSSR count). The van der Waals surface area contributed by atoms with Crippen molar-refractivity contribution >= 4 is 46.8 Å². The Morgan fingerprint density at radius 3 is 2.64 bits per heavy atom. The highest BCUT2D eigenvalue weighted by molar-refractivity contribution is 7.13. The number of phenolic OH excluding ortho intramolecular Hbond substituents is 1. The monoisotopic (exact) mass is 551 g/mol. The van der Waals surface area contributed by atoms with E-state index in [1.54, 1.807) is 23.1 Å². The summed E-state index contributed by atoms with van der Waals surface area (Å²) in [5.41, 5.74) is 0.610. The number of para-hydroxylation sites is 1. The summed E-state index contributed by atoms with van der Waals surface area (Å²) in [6.45, 7) is 2.36. The number of likely N-dealkylation sites (N-methyl/N-ethyl adjacent to an activating group) is 1. The van der Waals surface area contributed by atoms with E-state index < -0.39 is 22.7 Å². The number of furan rings is 1. The number of nitrogens with zero attached hydrogens (tertiary/aromatic N) is 6. The van der Waals surface area contributed by atoms with Gasteiger partial charge >= 0.3 is 5.88 Å². The summed E-state index contributed by atoms with van der Waals surface area (Å²) < 4.78 is 20.5. The molecular formula is C25H22FN7O5S. The van der Waals surface area contributed by atoms with Gasteiger partial charge in [0.1, 0.15) is 32.8 Å². The first-order valence-corrected chi connectivity index (χ1v) is 12.6. The lowest BCUT2D eigenvalue weighted by Gasteiger charge is -2.34. The smallest absolute Gasteiger partial charge is 0.433 e. The Bertz CT molecular complexity index is 1560. The highest BCUT2D eigenvalue weighted by Crippen LogP contribution is 2.32. The number of aromatic nitrogens is 3. The Balaban J connectivity index is 1.45. The molecule has 1 fully saturated rings. The predicted molar refractivity (Wildman–Crippen MR) is 143 cm³/mol. The molecule has 0 bridgehead atoms. The van der Waals surface area contributed by atoms with Crippen molar-refractivity contribution in [2.45, 2.75) is 0 Å². The lowest BCUT2D eigenvalue weighted by atomic mass is 10.2. The van der Waals surface area contributed by atoms with Crippen molar-refractivity contribution in [1.29, 1.82) is 0 Å². The van der Waals surface area contributed by atoms with E-state index in [-0.39, 0.29) is 34.5 Å². The van der Waals surface area contributed by atoms with Gasteiger partial charge in [0.2, 0.25) is 5.95 Å². The number of carbonyl (C=O) groups excluding carboxylic acids is 1. The second kappa shape index (κ2) is 11.0. The second-order valence-electron chi connectivity index (χ2n) is 8.64. The van der Waals surface area contributed by atoms with Crippen LogP contribution in [0.3, 0.4) is 0 Å². The SMILES string of the molecule is CN1CCN(c2c(F)nc(/C=C/c3ccc([N+](=O)[O-])o3)nc2NC(=O)c2csc(-c3ccccc3O)n2)CC1. The van der Waals surface area contributed by atoms with Crippen molar-refractivity contribution in [3.05, 3.63) is 75.1 Å². The van der Waals surface area contributed by atoms with Gasteiger partial charge in [0.25, 0.3) is 5.91 Å². The molecule has 0 radical (unpaired) electrons.